The van der Waals surface area contributed by atoms with Gasteiger partial charge in [-0.3, -0.25) is 0 Å². The molecule has 1 N–H and O–H groups in total. The molecule has 0 aliphatic carbocycles. The fourth-order valence-corrected chi connectivity index (χ4v) is 1.13. The first-order valence-corrected chi connectivity index (χ1v) is 5.51. The first kappa shape index (κ1) is 13.4. The van der Waals surface area contributed by atoms with Crippen molar-refractivity contribution >= 4 is 5.97 Å². The minimum absolute atomic E-state index is 0.00792. The zero-order valence-electron chi connectivity index (χ0n) is 9.76. The lowest BCUT2D eigenvalue weighted by Crippen LogP contribution is -2.11. The molecule has 0 atom stereocenters. The van der Waals surface area contributed by atoms with E-state index in [2.05, 4.69) is 17.1 Å². The Morgan fingerprint density at radius 2 is 2.24 bits per heavy atom. The van der Waals surface area contributed by atoms with Gasteiger partial charge in [-0.25, -0.2) is 4.79 Å². The number of carbonyl (C=O) groups is 1. The number of rotatable bonds is 8. The molecule has 94 valence electrons. The van der Waals surface area contributed by atoms with E-state index < -0.39 is 5.97 Å². The largest absolute Gasteiger partial charge is 0.477 e. The summed E-state index contributed by atoms with van der Waals surface area (Å²) < 4.78 is 10.5. The number of nitrogens with zero attached hydrogens (tertiary/aromatic N) is 2. The summed E-state index contributed by atoms with van der Waals surface area (Å²) in [5.74, 6) is -1.05. The normalized spacial score (nSPS) is 10.2. The summed E-state index contributed by atoms with van der Waals surface area (Å²) in [6.45, 7) is 3.45. The molecule has 0 amide bonds. The SMILES string of the molecule is CCCCOCCOc1nnccc1C(=O)O. The third-order valence-electron chi connectivity index (χ3n) is 2.03. The highest BCUT2D eigenvalue weighted by Crippen LogP contribution is 2.12. The molecule has 0 saturated heterocycles. The topological polar surface area (TPSA) is 81.5 Å². The Balaban J connectivity index is 2.34. The molecular formula is C11H16N2O4. The second kappa shape index (κ2) is 7.56. The van der Waals surface area contributed by atoms with Gasteiger partial charge in [-0.15, -0.1) is 5.10 Å². The molecule has 0 bridgehead atoms. The summed E-state index contributed by atoms with van der Waals surface area (Å²) in [4.78, 5) is 10.8. The summed E-state index contributed by atoms with van der Waals surface area (Å²) in [6, 6.07) is 1.35. The number of hydrogen-bond donors (Lipinski definition) is 1. The van der Waals surface area contributed by atoms with Crippen LogP contribution in [0.2, 0.25) is 0 Å². The fraction of sp³-hybridized carbons (Fsp3) is 0.545. The van der Waals surface area contributed by atoms with E-state index in [1.54, 1.807) is 0 Å². The van der Waals surface area contributed by atoms with E-state index in [4.69, 9.17) is 14.6 Å². The smallest absolute Gasteiger partial charge is 0.341 e. The van der Waals surface area contributed by atoms with Gasteiger partial charge in [-0.2, -0.15) is 5.10 Å². The van der Waals surface area contributed by atoms with Crippen molar-refractivity contribution in [2.45, 2.75) is 19.8 Å². The molecule has 0 aliphatic rings. The van der Waals surface area contributed by atoms with Crippen molar-refractivity contribution in [2.24, 2.45) is 0 Å². The molecule has 1 rings (SSSR count). The van der Waals surface area contributed by atoms with E-state index in [0.717, 1.165) is 12.8 Å². The van der Waals surface area contributed by atoms with Crippen LogP contribution in [-0.4, -0.2) is 41.1 Å². The van der Waals surface area contributed by atoms with Crippen molar-refractivity contribution in [2.75, 3.05) is 19.8 Å². The van der Waals surface area contributed by atoms with Crippen LogP contribution in [0.25, 0.3) is 0 Å². The number of unbranched alkanes of at least 4 members (excludes halogenated alkanes) is 1. The molecule has 0 spiro atoms. The minimum Gasteiger partial charge on any atom is -0.477 e. The second-order valence-electron chi connectivity index (χ2n) is 3.37. The van der Waals surface area contributed by atoms with Crippen LogP contribution in [0, 0.1) is 0 Å². The summed E-state index contributed by atoms with van der Waals surface area (Å²) in [6.07, 6.45) is 3.40. The molecule has 0 aromatic carbocycles. The molecule has 0 aliphatic heterocycles. The van der Waals surface area contributed by atoms with Crippen LogP contribution in [0.4, 0.5) is 0 Å². The van der Waals surface area contributed by atoms with E-state index in [9.17, 15) is 4.79 Å². The van der Waals surface area contributed by atoms with Gasteiger partial charge >= 0.3 is 5.97 Å². The molecule has 6 heteroatoms. The highest BCUT2D eigenvalue weighted by atomic mass is 16.5. The van der Waals surface area contributed by atoms with Gasteiger partial charge in [0, 0.05) is 6.61 Å². The summed E-state index contributed by atoms with van der Waals surface area (Å²) in [7, 11) is 0. The molecule has 17 heavy (non-hydrogen) atoms. The number of ether oxygens (including phenoxy) is 2. The van der Waals surface area contributed by atoms with Crippen LogP contribution in [0.15, 0.2) is 12.3 Å². The van der Waals surface area contributed by atoms with E-state index in [-0.39, 0.29) is 18.1 Å². The molecule has 0 fully saturated rings. The predicted molar refractivity (Wildman–Crippen MR) is 60.2 cm³/mol. The molecule has 1 heterocycles. The first-order valence-electron chi connectivity index (χ1n) is 5.51. The van der Waals surface area contributed by atoms with Gasteiger partial charge in [0.1, 0.15) is 12.2 Å². The Hall–Kier alpha value is -1.69. The van der Waals surface area contributed by atoms with E-state index >= 15 is 0 Å². The zero-order valence-corrected chi connectivity index (χ0v) is 9.76. The third kappa shape index (κ3) is 4.78. The maximum atomic E-state index is 10.8. The van der Waals surface area contributed by atoms with E-state index in [0.29, 0.717) is 13.2 Å². The number of aromatic carboxylic acids is 1. The van der Waals surface area contributed by atoms with Gasteiger partial charge in [0.25, 0.3) is 0 Å². The molecule has 0 saturated carbocycles. The maximum absolute atomic E-state index is 10.8. The van der Waals surface area contributed by atoms with Crippen molar-refractivity contribution in [1.29, 1.82) is 0 Å². The molecule has 6 nitrogen and oxygen atoms in total. The highest BCUT2D eigenvalue weighted by molar-refractivity contribution is 5.89. The second-order valence-corrected chi connectivity index (χ2v) is 3.37. The Morgan fingerprint density at radius 3 is 2.94 bits per heavy atom. The number of aromatic nitrogens is 2. The van der Waals surface area contributed by atoms with Crippen LogP contribution in [-0.2, 0) is 4.74 Å². The Labute approximate surface area is 99.6 Å². The van der Waals surface area contributed by atoms with Gasteiger partial charge in [0.15, 0.2) is 0 Å². The van der Waals surface area contributed by atoms with Crippen molar-refractivity contribution in [1.82, 2.24) is 10.2 Å². The molecule has 1 aromatic heterocycles. The van der Waals surface area contributed by atoms with Gasteiger partial charge in [-0.05, 0) is 12.5 Å². The monoisotopic (exact) mass is 240 g/mol. The van der Waals surface area contributed by atoms with E-state index in [1.807, 2.05) is 0 Å². The standard InChI is InChI=1S/C11H16N2O4/c1-2-3-6-16-7-8-17-10-9(11(14)15)4-5-12-13-10/h4-5H,2-3,6-8H2,1H3,(H,14,15). The van der Waals surface area contributed by atoms with Crippen LogP contribution in [0.3, 0.4) is 0 Å². The Bertz CT molecular complexity index is 357. The van der Waals surface area contributed by atoms with Crippen LogP contribution < -0.4 is 4.74 Å². The summed E-state index contributed by atoms with van der Waals surface area (Å²) in [5.41, 5.74) is 0.00792. The molecular weight excluding hydrogens is 224 g/mol. The van der Waals surface area contributed by atoms with Crippen LogP contribution in [0.5, 0.6) is 5.88 Å². The van der Waals surface area contributed by atoms with Crippen molar-refractivity contribution in [3.05, 3.63) is 17.8 Å². The van der Waals surface area contributed by atoms with Crippen LogP contribution in [0.1, 0.15) is 30.1 Å². The molecule has 0 radical (unpaired) electrons. The van der Waals surface area contributed by atoms with Crippen molar-refractivity contribution in [3.8, 4) is 5.88 Å². The lowest BCUT2D eigenvalue weighted by atomic mass is 10.3. The third-order valence-corrected chi connectivity index (χ3v) is 2.03. The van der Waals surface area contributed by atoms with Crippen LogP contribution >= 0.6 is 0 Å². The average Bonchev–Trinajstić information content (AvgIpc) is 2.34. The fourth-order valence-electron chi connectivity index (χ4n) is 1.13. The first-order chi connectivity index (χ1) is 8.25. The minimum atomic E-state index is -1.08. The Kier molecular flexibility index (Phi) is 5.95. The van der Waals surface area contributed by atoms with Gasteiger partial charge < -0.3 is 14.6 Å². The number of carboxylic acid groups (broad SMARTS) is 1. The lowest BCUT2D eigenvalue weighted by molar-refractivity contribution is 0.0681. The van der Waals surface area contributed by atoms with Gasteiger partial charge in [-0.1, -0.05) is 13.3 Å². The Morgan fingerprint density at radius 1 is 1.41 bits per heavy atom. The maximum Gasteiger partial charge on any atom is 0.341 e. The number of hydrogen-bond acceptors (Lipinski definition) is 5. The predicted octanol–water partition coefficient (Wildman–Crippen LogP) is 1.37. The van der Waals surface area contributed by atoms with E-state index in [1.165, 1.54) is 12.3 Å². The average molecular weight is 240 g/mol. The van der Waals surface area contributed by atoms with Gasteiger partial charge in [0.2, 0.25) is 5.88 Å². The quantitative estimate of drug-likeness (QED) is 0.691. The molecule has 1 aromatic rings. The zero-order chi connectivity index (χ0) is 12.5. The van der Waals surface area contributed by atoms with Gasteiger partial charge in [0.05, 0.1) is 12.8 Å². The summed E-state index contributed by atoms with van der Waals surface area (Å²) >= 11 is 0. The number of carboxylic acids is 1. The molecule has 0 unspecified atom stereocenters. The summed E-state index contributed by atoms with van der Waals surface area (Å²) in [5, 5.41) is 16.1. The van der Waals surface area contributed by atoms with Crippen molar-refractivity contribution in [3.63, 3.8) is 0 Å². The van der Waals surface area contributed by atoms with Crippen molar-refractivity contribution < 1.29 is 19.4 Å². The lowest BCUT2D eigenvalue weighted by Gasteiger charge is -2.07. The highest BCUT2D eigenvalue weighted by Gasteiger charge is 2.12.